The van der Waals surface area contributed by atoms with Crippen LogP contribution in [0.2, 0.25) is 0 Å². The van der Waals surface area contributed by atoms with Gasteiger partial charge in [0, 0.05) is 79.3 Å². The monoisotopic (exact) mass is 1020 g/mol. The molecule has 0 amide bonds. The summed E-state index contributed by atoms with van der Waals surface area (Å²) in [5, 5.41) is 11.1. The highest BCUT2D eigenvalue weighted by atomic mass is 32.1. The highest BCUT2D eigenvalue weighted by Crippen LogP contribution is 2.63. The maximum Gasteiger partial charge on any atom is 0.333 e. The largest absolute Gasteiger partial charge is 0.376 e. The number of anilines is 2. The number of hydrogen-bond donors (Lipinski definition) is 0. The van der Waals surface area contributed by atoms with Gasteiger partial charge in [0.05, 0.1) is 11.0 Å². The SMILES string of the molecule is c1ccc(-c2ccc(N3B4c5c(cc6c(sc7ccccc76)c5-c5cc6sc7cc8ccccc8cc7c6cc53)-n3c5ccc(C67CC8CC(CC(C8)C6)C7)cc5c5cc(C67CC8CC(CC(C8)C6)C7)cc4c53)cc2)cc1. The van der Waals surface area contributed by atoms with Crippen molar-refractivity contribution in [1.29, 1.82) is 0 Å². The van der Waals surface area contributed by atoms with Gasteiger partial charge < -0.3 is 9.38 Å². The standard InChI is InChI=1S/C72H57BN2S2/c1-2-8-46(9-3-1)47-14-17-52(18-15-47)75-62-31-56-55-26-48-10-4-5-11-49(48)27-65(55)76-66(56)33-59(62)67-68-63(32-58-53-12-6-7-13-64(53)77-70(58)67)74-61-19-16-50(71-34-40-20-41(35-71)22-42(21-40)36-71)28-54(61)57-29-51(30-60(69(57)74)73(68)75)72-37-43-23-44(38-72)25-45(24-43)39-72/h1-19,26-33,40-45H,20-25,34-39H2. The summed E-state index contributed by atoms with van der Waals surface area (Å²) in [6, 6.07) is 65.5. The molecule has 3 aromatic heterocycles. The second kappa shape index (κ2) is 14.7. The van der Waals surface area contributed by atoms with Crippen molar-refractivity contribution in [3.05, 3.63) is 175 Å². The fraction of sp³-hybridized carbons (Fsp3) is 0.278. The number of thiophene rings is 2. The second-order valence-corrected chi connectivity index (χ2v) is 28.6. The van der Waals surface area contributed by atoms with E-state index in [-0.39, 0.29) is 12.3 Å². The number of fused-ring (bicyclic) bond motifs is 15. The summed E-state index contributed by atoms with van der Waals surface area (Å²) in [7, 11) is 0. The third-order valence-electron chi connectivity index (χ3n) is 22.2. The maximum absolute atomic E-state index is 2.85. The highest BCUT2D eigenvalue weighted by molar-refractivity contribution is 7.27. The Bertz CT molecular complexity index is 4540. The van der Waals surface area contributed by atoms with Gasteiger partial charge >= 0.3 is 6.85 Å². The third kappa shape index (κ3) is 5.63. The Morgan fingerprint density at radius 1 is 0.429 bits per heavy atom. The zero-order valence-corrected chi connectivity index (χ0v) is 45.0. The molecule has 5 heteroatoms. The van der Waals surface area contributed by atoms with Gasteiger partial charge in [-0.1, -0.05) is 97.1 Å². The maximum atomic E-state index is 2.85. The van der Waals surface area contributed by atoms with Crippen LogP contribution in [-0.2, 0) is 10.8 Å². The van der Waals surface area contributed by atoms with E-state index in [1.807, 2.05) is 22.7 Å². The predicted molar refractivity (Wildman–Crippen MR) is 328 cm³/mol. The molecular formula is C72H57BN2S2. The average molecular weight is 1030 g/mol. The van der Waals surface area contributed by atoms with Crippen molar-refractivity contribution in [2.45, 2.75) is 87.9 Å². The normalized spacial score (nSPS) is 27.2. The lowest BCUT2D eigenvalue weighted by molar-refractivity contribution is -0.00526. The van der Waals surface area contributed by atoms with Gasteiger partial charge in [0.25, 0.3) is 0 Å². The summed E-state index contributed by atoms with van der Waals surface area (Å²) in [6.45, 7) is -0.0383. The summed E-state index contributed by atoms with van der Waals surface area (Å²) in [4.78, 5) is 2.85. The average Bonchev–Trinajstić information content (AvgIpc) is 4.02. The van der Waals surface area contributed by atoms with Crippen LogP contribution in [0.25, 0.3) is 101 Å². The molecule has 8 aliphatic carbocycles. The van der Waals surface area contributed by atoms with E-state index in [1.54, 1.807) is 11.1 Å². The Morgan fingerprint density at radius 3 is 1.75 bits per heavy atom. The molecule has 8 fully saturated rings. The summed E-state index contributed by atoms with van der Waals surface area (Å²) in [5.74, 6) is 5.33. The van der Waals surface area contributed by atoms with E-state index >= 15 is 0 Å². The Balaban J connectivity index is 0.928. The number of aromatic nitrogens is 1. The van der Waals surface area contributed by atoms with Crippen molar-refractivity contribution in [2.24, 2.45) is 35.5 Å². The van der Waals surface area contributed by atoms with Crippen LogP contribution in [0, 0.1) is 35.5 Å². The predicted octanol–water partition coefficient (Wildman–Crippen LogP) is 18.5. The van der Waals surface area contributed by atoms with Crippen LogP contribution in [0.15, 0.2) is 164 Å². The van der Waals surface area contributed by atoms with Crippen LogP contribution in [0.1, 0.15) is 88.2 Å². The molecule has 2 nitrogen and oxygen atoms in total. The first-order valence-electron chi connectivity index (χ1n) is 29.4. The van der Waals surface area contributed by atoms with Gasteiger partial charge in [-0.2, -0.15) is 0 Å². The molecule has 77 heavy (non-hydrogen) atoms. The van der Waals surface area contributed by atoms with E-state index in [0.29, 0.717) is 5.41 Å². The first-order valence-corrected chi connectivity index (χ1v) is 31.0. The van der Waals surface area contributed by atoms with E-state index < -0.39 is 0 Å². The molecule has 0 spiro atoms. The van der Waals surface area contributed by atoms with Gasteiger partial charge in [0.2, 0.25) is 0 Å². The van der Waals surface area contributed by atoms with Gasteiger partial charge in [0.15, 0.2) is 0 Å². The van der Waals surface area contributed by atoms with Crippen LogP contribution in [0.5, 0.6) is 0 Å². The molecule has 2 aliphatic heterocycles. The summed E-state index contributed by atoms with van der Waals surface area (Å²) < 4.78 is 8.35. The lowest BCUT2D eigenvalue weighted by Crippen LogP contribution is -2.61. The Labute approximate surface area is 457 Å². The Hall–Kier alpha value is -6.66. The third-order valence-corrected chi connectivity index (χ3v) is 24.5. The number of benzene rings is 9. The Morgan fingerprint density at radius 2 is 1.03 bits per heavy atom. The molecule has 22 rings (SSSR count). The molecule has 5 heterocycles. The highest BCUT2D eigenvalue weighted by Gasteiger charge is 2.54. The van der Waals surface area contributed by atoms with Crippen molar-refractivity contribution < 1.29 is 0 Å². The van der Waals surface area contributed by atoms with Gasteiger partial charge in [-0.3, -0.25) is 0 Å². The van der Waals surface area contributed by atoms with Crippen molar-refractivity contribution >= 4 is 125 Å². The minimum atomic E-state index is -0.0383. The number of hydrogen-bond acceptors (Lipinski definition) is 3. The van der Waals surface area contributed by atoms with Crippen molar-refractivity contribution in [1.82, 2.24) is 4.57 Å². The van der Waals surface area contributed by atoms with Crippen LogP contribution in [0.3, 0.4) is 0 Å². The molecule has 0 atom stereocenters. The fourth-order valence-electron chi connectivity index (χ4n) is 20.0. The number of rotatable bonds is 4. The van der Waals surface area contributed by atoms with Gasteiger partial charge in [-0.25, -0.2) is 0 Å². The summed E-state index contributed by atoms with van der Waals surface area (Å²) in [6.07, 6.45) is 17.1. The molecule has 0 radical (unpaired) electrons. The molecular weight excluding hydrogens is 968 g/mol. The zero-order chi connectivity index (χ0) is 49.6. The lowest BCUT2D eigenvalue weighted by atomic mass is 9.42. The van der Waals surface area contributed by atoms with E-state index in [2.05, 4.69) is 173 Å². The molecule has 370 valence electrons. The van der Waals surface area contributed by atoms with E-state index in [4.69, 9.17) is 0 Å². The van der Waals surface area contributed by atoms with Gasteiger partial charge in [-0.15, -0.1) is 22.7 Å². The topological polar surface area (TPSA) is 8.17 Å². The number of nitrogens with zero attached hydrogens (tertiary/aromatic N) is 2. The van der Waals surface area contributed by atoms with E-state index in [1.165, 1.54) is 200 Å². The minimum absolute atomic E-state index is 0.0383. The Kier molecular flexibility index (Phi) is 8.10. The molecule has 8 saturated carbocycles. The molecule has 0 saturated heterocycles. The van der Waals surface area contributed by atoms with Crippen LogP contribution >= 0.6 is 22.7 Å². The second-order valence-electron chi connectivity index (χ2n) is 26.4. The molecule has 12 aromatic rings. The quantitative estimate of drug-likeness (QED) is 0.160. The molecule has 9 aromatic carbocycles. The molecule has 8 bridgehead atoms. The molecule has 10 aliphatic rings. The van der Waals surface area contributed by atoms with Gasteiger partial charge in [-0.05, 0) is 234 Å². The first-order chi connectivity index (χ1) is 37.9. The van der Waals surface area contributed by atoms with Crippen molar-refractivity contribution in [3.63, 3.8) is 0 Å². The van der Waals surface area contributed by atoms with Crippen molar-refractivity contribution in [3.8, 4) is 27.9 Å². The van der Waals surface area contributed by atoms with Gasteiger partial charge in [0.1, 0.15) is 0 Å². The van der Waals surface area contributed by atoms with E-state index in [0.717, 1.165) is 35.5 Å². The summed E-state index contributed by atoms with van der Waals surface area (Å²) in [5.41, 5.74) is 19.0. The van der Waals surface area contributed by atoms with Crippen LogP contribution < -0.4 is 15.7 Å². The van der Waals surface area contributed by atoms with Crippen molar-refractivity contribution in [2.75, 3.05) is 4.81 Å². The molecule has 0 N–H and O–H groups in total. The van der Waals surface area contributed by atoms with Crippen LogP contribution in [0.4, 0.5) is 11.4 Å². The van der Waals surface area contributed by atoms with E-state index in [9.17, 15) is 0 Å². The lowest BCUT2D eigenvalue weighted by Gasteiger charge is -2.57. The first kappa shape index (κ1) is 42.4. The smallest absolute Gasteiger partial charge is 0.333 e. The summed E-state index contributed by atoms with van der Waals surface area (Å²) >= 11 is 3.99. The molecule has 0 unspecified atom stereocenters. The minimum Gasteiger partial charge on any atom is -0.376 e. The fourth-order valence-corrected chi connectivity index (χ4v) is 22.4. The van der Waals surface area contributed by atoms with Crippen LogP contribution in [-0.4, -0.2) is 11.4 Å². The zero-order valence-electron chi connectivity index (χ0n) is 43.3.